The summed E-state index contributed by atoms with van der Waals surface area (Å²) < 4.78 is 5.04. The van der Waals surface area contributed by atoms with Gasteiger partial charge in [0.15, 0.2) is 0 Å². The Balaban J connectivity index is 2.04. The Hall–Kier alpha value is -1.92. The van der Waals surface area contributed by atoms with Gasteiger partial charge in [0.1, 0.15) is 0 Å². The molecule has 0 unspecified atom stereocenters. The topological polar surface area (TPSA) is 94.0 Å². The molecule has 0 aliphatic rings. The minimum Gasteiger partial charge on any atom is -0.347 e. The Kier molecular flexibility index (Phi) is 4.48. The zero-order valence-electron chi connectivity index (χ0n) is 10.1. The molecule has 1 heterocycles. The Bertz CT molecular complexity index is 570. The summed E-state index contributed by atoms with van der Waals surface area (Å²) in [7, 11) is 0. The Morgan fingerprint density at radius 2 is 2.21 bits per heavy atom. The number of hydrogen-bond donors (Lipinski definition) is 2. The molecule has 0 atom stereocenters. The van der Waals surface area contributed by atoms with Crippen LogP contribution in [0.25, 0.3) is 11.4 Å². The van der Waals surface area contributed by atoms with Crippen LogP contribution in [0.4, 0.5) is 0 Å². The van der Waals surface area contributed by atoms with Gasteiger partial charge in [0.05, 0.1) is 11.6 Å². The maximum Gasteiger partial charge on any atom is 0.246 e. The maximum atomic E-state index is 11.2. The number of rotatable bonds is 5. The highest BCUT2D eigenvalue weighted by Gasteiger charge is 2.11. The average molecular weight is 281 g/mol. The largest absolute Gasteiger partial charge is 0.347 e. The van der Waals surface area contributed by atoms with Crippen molar-refractivity contribution in [2.45, 2.75) is 13.0 Å². The molecule has 0 radical (unpaired) electrons. The van der Waals surface area contributed by atoms with Gasteiger partial charge in [-0.25, -0.2) is 0 Å². The van der Waals surface area contributed by atoms with Gasteiger partial charge >= 0.3 is 0 Å². The van der Waals surface area contributed by atoms with Crippen LogP contribution in [0.2, 0.25) is 5.02 Å². The number of nitrogens with two attached hydrogens (primary N) is 1. The number of aromatic nitrogens is 2. The van der Waals surface area contributed by atoms with Crippen molar-refractivity contribution in [2.75, 3.05) is 6.54 Å². The van der Waals surface area contributed by atoms with E-state index in [-0.39, 0.29) is 18.9 Å². The number of benzene rings is 1. The monoisotopic (exact) mass is 280 g/mol. The van der Waals surface area contributed by atoms with Crippen molar-refractivity contribution in [1.82, 2.24) is 15.5 Å². The molecule has 19 heavy (non-hydrogen) atoms. The minimum absolute atomic E-state index is 0.153. The Morgan fingerprint density at radius 1 is 1.42 bits per heavy atom. The first kappa shape index (κ1) is 13.5. The molecule has 6 nitrogen and oxygen atoms in total. The van der Waals surface area contributed by atoms with Crippen LogP contribution in [0.1, 0.15) is 12.3 Å². The SMILES string of the molecule is NCCC(=O)NCc1nc(-c2ccccc2Cl)no1. The first-order valence-corrected chi connectivity index (χ1v) is 6.12. The first-order chi connectivity index (χ1) is 9.20. The third-order valence-corrected chi connectivity index (χ3v) is 2.72. The van der Waals surface area contributed by atoms with Crippen LogP contribution in [-0.4, -0.2) is 22.6 Å². The maximum absolute atomic E-state index is 11.2. The number of carbonyl (C=O) groups excluding carboxylic acids is 1. The zero-order chi connectivity index (χ0) is 13.7. The highest BCUT2D eigenvalue weighted by atomic mass is 35.5. The molecule has 0 aliphatic heterocycles. The van der Waals surface area contributed by atoms with E-state index in [9.17, 15) is 4.79 Å². The van der Waals surface area contributed by atoms with Gasteiger partial charge in [-0.15, -0.1) is 0 Å². The lowest BCUT2D eigenvalue weighted by Gasteiger charge is -1.99. The lowest BCUT2D eigenvalue weighted by atomic mass is 10.2. The van der Waals surface area contributed by atoms with Crippen LogP contribution in [0.5, 0.6) is 0 Å². The van der Waals surface area contributed by atoms with Gasteiger partial charge in [0.25, 0.3) is 0 Å². The van der Waals surface area contributed by atoms with Crippen LogP contribution in [0.3, 0.4) is 0 Å². The standard InChI is InChI=1S/C12H13ClN4O2/c13-9-4-2-1-3-8(9)12-16-11(19-17-12)7-15-10(18)5-6-14/h1-4H,5-7,14H2,(H,15,18). The van der Waals surface area contributed by atoms with E-state index in [0.717, 1.165) is 0 Å². The van der Waals surface area contributed by atoms with Crippen LogP contribution in [0, 0.1) is 0 Å². The molecule has 0 saturated carbocycles. The third-order valence-electron chi connectivity index (χ3n) is 2.39. The summed E-state index contributed by atoms with van der Waals surface area (Å²) >= 11 is 6.03. The summed E-state index contributed by atoms with van der Waals surface area (Å²) in [6.07, 6.45) is 0.269. The zero-order valence-corrected chi connectivity index (χ0v) is 10.9. The molecule has 100 valence electrons. The van der Waals surface area contributed by atoms with E-state index in [1.54, 1.807) is 12.1 Å². The summed E-state index contributed by atoms with van der Waals surface area (Å²) in [4.78, 5) is 15.4. The van der Waals surface area contributed by atoms with Crippen molar-refractivity contribution in [3.8, 4) is 11.4 Å². The van der Waals surface area contributed by atoms with Crippen LogP contribution in [-0.2, 0) is 11.3 Å². The van der Waals surface area contributed by atoms with Gasteiger partial charge < -0.3 is 15.6 Å². The van der Waals surface area contributed by atoms with Crippen molar-refractivity contribution in [3.63, 3.8) is 0 Å². The number of hydrogen-bond acceptors (Lipinski definition) is 5. The van der Waals surface area contributed by atoms with Crippen molar-refractivity contribution >= 4 is 17.5 Å². The predicted octanol–water partition coefficient (Wildman–Crippen LogP) is 1.36. The molecule has 0 bridgehead atoms. The van der Waals surface area contributed by atoms with Gasteiger partial charge in [-0.05, 0) is 12.1 Å². The smallest absolute Gasteiger partial charge is 0.246 e. The number of amides is 1. The normalized spacial score (nSPS) is 10.4. The molecule has 0 fully saturated rings. The fraction of sp³-hybridized carbons (Fsp3) is 0.250. The van der Waals surface area contributed by atoms with E-state index >= 15 is 0 Å². The summed E-state index contributed by atoms with van der Waals surface area (Å²) in [6, 6.07) is 7.19. The van der Waals surface area contributed by atoms with Crippen LogP contribution < -0.4 is 11.1 Å². The summed E-state index contributed by atoms with van der Waals surface area (Å²) in [5, 5.41) is 7.00. The minimum atomic E-state index is -0.153. The molecule has 2 rings (SSSR count). The fourth-order valence-electron chi connectivity index (χ4n) is 1.47. The second-order valence-corrected chi connectivity index (χ2v) is 4.21. The lowest BCUT2D eigenvalue weighted by molar-refractivity contribution is -0.121. The molecular formula is C12H13ClN4O2. The van der Waals surface area contributed by atoms with Crippen molar-refractivity contribution in [2.24, 2.45) is 5.73 Å². The quantitative estimate of drug-likeness (QED) is 0.862. The summed E-state index contributed by atoms with van der Waals surface area (Å²) in [6.45, 7) is 0.483. The van der Waals surface area contributed by atoms with Gasteiger partial charge in [0, 0.05) is 18.5 Å². The Labute approximate surface area is 114 Å². The second-order valence-electron chi connectivity index (χ2n) is 3.81. The molecule has 3 N–H and O–H groups in total. The number of carbonyl (C=O) groups is 1. The van der Waals surface area contributed by atoms with E-state index in [1.807, 2.05) is 12.1 Å². The predicted molar refractivity (Wildman–Crippen MR) is 70.3 cm³/mol. The highest BCUT2D eigenvalue weighted by molar-refractivity contribution is 6.33. The van der Waals surface area contributed by atoms with E-state index in [4.69, 9.17) is 21.9 Å². The first-order valence-electron chi connectivity index (χ1n) is 5.75. The van der Waals surface area contributed by atoms with E-state index in [2.05, 4.69) is 15.5 Å². The van der Waals surface area contributed by atoms with Gasteiger partial charge in [-0.3, -0.25) is 4.79 Å². The molecule has 1 aromatic heterocycles. The molecule has 1 amide bonds. The van der Waals surface area contributed by atoms with Gasteiger partial charge in [-0.2, -0.15) is 4.98 Å². The van der Waals surface area contributed by atoms with Crippen molar-refractivity contribution in [1.29, 1.82) is 0 Å². The average Bonchev–Trinajstić information content (AvgIpc) is 2.86. The number of nitrogens with one attached hydrogen (secondary N) is 1. The second kappa shape index (κ2) is 6.31. The molecule has 0 aliphatic carbocycles. The van der Waals surface area contributed by atoms with E-state index in [1.165, 1.54) is 0 Å². The van der Waals surface area contributed by atoms with Crippen LogP contribution in [0.15, 0.2) is 28.8 Å². The molecule has 0 spiro atoms. The molecular weight excluding hydrogens is 268 g/mol. The highest BCUT2D eigenvalue weighted by Crippen LogP contribution is 2.24. The van der Waals surface area contributed by atoms with Crippen LogP contribution >= 0.6 is 11.6 Å². The molecule has 2 aromatic rings. The third kappa shape index (κ3) is 3.52. The van der Waals surface area contributed by atoms with E-state index < -0.39 is 0 Å². The van der Waals surface area contributed by atoms with Gasteiger partial charge in [-0.1, -0.05) is 28.9 Å². The van der Waals surface area contributed by atoms with Crippen molar-refractivity contribution in [3.05, 3.63) is 35.2 Å². The molecule has 7 heteroatoms. The van der Waals surface area contributed by atoms with E-state index in [0.29, 0.717) is 28.8 Å². The fourth-order valence-corrected chi connectivity index (χ4v) is 1.69. The van der Waals surface area contributed by atoms with Crippen molar-refractivity contribution < 1.29 is 9.32 Å². The summed E-state index contributed by atoms with van der Waals surface area (Å²) in [5.41, 5.74) is 5.96. The lowest BCUT2D eigenvalue weighted by Crippen LogP contribution is -2.25. The number of nitrogens with zero attached hydrogens (tertiary/aromatic N) is 2. The number of halogens is 1. The summed E-state index contributed by atoms with van der Waals surface area (Å²) in [5.74, 6) is 0.564. The van der Waals surface area contributed by atoms with Gasteiger partial charge in [0.2, 0.25) is 17.6 Å². The molecule has 1 aromatic carbocycles. The Morgan fingerprint density at radius 3 is 2.95 bits per heavy atom. The molecule has 0 saturated heterocycles.